The van der Waals surface area contributed by atoms with E-state index in [9.17, 15) is 0 Å². The second kappa shape index (κ2) is 13.4. The molecule has 0 spiro atoms. The van der Waals surface area contributed by atoms with Crippen molar-refractivity contribution in [2.75, 3.05) is 52.7 Å². The minimum atomic E-state index is -1.83. The number of aliphatic hydroxyl groups excluding tert-OH is 6. The fourth-order valence-electron chi connectivity index (χ4n) is 1.43. The summed E-state index contributed by atoms with van der Waals surface area (Å²) in [4.78, 5) is 8.56. The molecular weight excluding hydrogens is 316 g/mol. The second-order valence-corrected chi connectivity index (χ2v) is 5.00. The fraction of sp³-hybridized carbons (Fsp3) is 0.917. The Morgan fingerprint density at radius 3 is 1.04 bits per heavy atom. The molecule has 0 aliphatic heterocycles. The Bertz CT molecular complexity index is 254. The van der Waals surface area contributed by atoms with Crippen LogP contribution >= 0.6 is 0 Å². The van der Waals surface area contributed by atoms with Gasteiger partial charge in [0, 0.05) is 0 Å². The van der Waals surface area contributed by atoms with Crippen molar-refractivity contribution in [2.24, 2.45) is 0 Å². The van der Waals surface area contributed by atoms with Crippen LogP contribution in [0.1, 0.15) is 6.42 Å². The summed E-state index contributed by atoms with van der Waals surface area (Å²) in [6.45, 7) is -1.51. The van der Waals surface area contributed by atoms with E-state index >= 15 is 0 Å². The van der Waals surface area contributed by atoms with Gasteiger partial charge in [0.1, 0.15) is 0 Å². The van der Waals surface area contributed by atoms with Gasteiger partial charge in [-0.05, 0) is 19.5 Å². The van der Waals surface area contributed by atoms with E-state index < -0.39 is 17.2 Å². The van der Waals surface area contributed by atoms with Gasteiger partial charge in [0.15, 0.2) is 0 Å². The first kappa shape index (κ1) is 24.2. The van der Waals surface area contributed by atoms with Crippen molar-refractivity contribution in [2.45, 2.75) is 17.5 Å². The summed E-state index contributed by atoms with van der Waals surface area (Å²) in [5.74, 6) is 0. The Kier molecular flexibility index (Phi) is 14.1. The highest BCUT2D eigenvalue weighted by Crippen LogP contribution is 2.03. The first-order valence-electron chi connectivity index (χ1n) is 6.88. The molecule has 0 saturated heterocycles. The van der Waals surface area contributed by atoms with Gasteiger partial charge in [0.2, 0.25) is 0 Å². The number of hydrogen-bond acceptors (Lipinski definition) is 9. The van der Waals surface area contributed by atoms with E-state index in [0.717, 1.165) is 0 Å². The van der Waals surface area contributed by atoms with E-state index in [1.807, 2.05) is 0 Å². The van der Waals surface area contributed by atoms with Crippen LogP contribution in [0.5, 0.6) is 0 Å². The van der Waals surface area contributed by atoms with Crippen LogP contribution in [0.15, 0.2) is 0 Å². The van der Waals surface area contributed by atoms with Crippen LogP contribution in [-0.2, 0) is 0 Å². The molecule has 0 atom stereocenters. The summed E-state index contributed by atoms with van der Waals surface area (Å²) < 4.78 is 0. The SMILES string of the molecule is O=C(O)O.OCC(CO)(CO)NCCCNC(CO)(CO)CO. The van der Waals surface area contributed by atoms with Gasteiger partial charge < -0.3 is 51.5 Å². The second-order valence-electron chi connectivity index (χ2n) is 5.00. The summed E-state index contributed by atoms with van der Waals surface area (Å²) in [6, 6.07) is 0. The lowest BCUT2D eigenvalue weighted by atomic mass is 10.0. The van der Waals surface area contributed by atoms with Crippen molar-refractivity contribution in [1.82, 2.24) is 10.6 Å². The molecule has 23 heavy (non-hydrogen) atoms. The summed E-state index contributed by atoms with van der Waals surface area (Å²) in [5, 5.41) is 74.1. The Morgan fingerprint density at radius 1 is 0.652 bits per heavy atom. The molecule has 0 rings (SSSR count). The topological polar surface area (TPSA) is 203 Å². The predicted octanol–water partition coefficient (Wildman–Crippen LogP) is -3.79. The van der Waals surface area contributed by atoms with Gasteiger partial charge in [-0.3, -0.25) is 0 Å². The standard InChI is InChI=1S/C11H26N2O6.CH2O3/c14-4-10(5-15,6-16)12-2-1-3-13-11(7-17,8-18)9-19;2-1(3)4/h12-19H,1-9H2;(H2,2,3,4). The van der Waals surface area contributed by atoms with Crippen LogP contribution in [0.3, 0.4) is 0 Å². The molecule has 0 heterocycles. The number of hydrogen-bond donors (Lipinski definition) is 10. The van der Waals surface area contributed by atoms with Gasteiger partial charge in [-0.1, -0.05) is 0 Å². The lowest BCUT2D eigenvalue weighted by molar-refractivity contribution is 0.0378. The van der Waals surface area contributed by atoms with Crippen LogP contribution in [0.2, 0.25) is 0 Å². The molecule has 0 aliphatic rings. The third-order valence-electron chi connectivity index (χ3n) is 3.17. The number of aliphatic hydroxyl groups is 6. The normalized spacial score (nSPS) is 11.7. The van der Waals surface area contributed by atoms with Crippen molar-refractivity contribution in [3.8, 4) is 0 Å². The van der Waals surface area contributed by atoms with Crippen LogP contribution in [0.25, 0.3) is 0 Å². The Morgan fingerprint density at radius 2 is 0.870 bits per heavy atom. The van der Waals surface area contributed by atoms with Gasteiger partial charge in [0.05, 0.1) is 50.7 Å². The predicted molar refractivity (Wildman–Crippen MR) is 79.3 cm³/mol. The highest BCUT2D eigenvalue weighted by Gasteiger charge is 2.28. The monoisotopic (exact) mass is 344 g/mol. The quantitative estimate of drug-likeness (QED) is 0.155. The molecule has 0 aromatic heterocycles. The number of nitrogens with one attached hydrogen (secondary N) is 2. The summed E-state index contributed by atoms with van der Waals surface area (Å²) in [7, 11) is 0. The molecule has 140 valence electrons. The highest BCUT2D eigenvalue weighted by atomic mass is 16.6. The lowest BCUT2D eigenvalue weighted by Gasteiger charge is -2.30. The average molecular weight is 344 g/mol. The zero-order valence-electron chi connectivity index (χ0n) is 12.8. The molecule has 0 aromatic rings. The van der Waals surface area contributed by atoms with Crippen LogP contribution in [-0.4, -0.2) is 111 Å². The van der Waals surface area contributed by atoms with Crippen LogP contribution in [0, 0.1) is 0 Å². The van der Waals surface area contributed by atoms with Crippen LogP contribution in [0.4, 0.5) is 4.79 Å². The molecule has 0 aromatic carbocycles. The lowest BCUT2D eigenvalue weighted by Crippen LogP contribution is -2.57. The molecule has 0 bridgehead atoms. The first-order chi connectivity index (χ1) is 10.8. The third kappa shape index (κ3) is 10.4. The largest absolute Gasteiger partial charge is 0.503 e. The number of carboxylic acid groups (broad SMARTS) is 2. The van der Waals surface area contributed by atoms with E-state index in [2.05, 4.69) is 10.6 Å². The molecule has 0 radical (unpaired) electrons. The molecule has 0 aliphatic carbocycles. The minimum absolute atomic E-state index is 0.388. The number of rotatable bonds is 12. The zero-order chi connectivity index (χ0) is 18.4. The van der Waals surface area contributed by atoms with E-state index in [4.69, 9.17) is 45.6 Å². The molecule has 0 fully saturated rings. The van der Waals surface area contributed by atoms with Crippen LogP contribution < -0.4 is 10.6 Å². The summed E-state index contributed by atoms with van der Waals surface area (Å²) in [6.07, 6.45) is -1.27. The highest BCUT2D eigenvalue weighted by molar-refractivity contribution is 5.53. The number of carbonyl (C=O) groups is 1. The summed E-state index contributed by atoms with van der Waals surface area (Å²) >= 11 is 0. The van der Waals surface area contributed by atoms with Gasteiger partial charge >= 0.3 is 6.16 Å². The molecule has 0 saturated carbocycles. The first-order valence-corrected chi connectivity index (χ1v) is 6.88. The van der Waals surface area contributed by atoms with Gasteiger partial charge in [-0.25, -0.2) is 4.79 Å². The maximum absolute atomic E-state index is 9.08. The van der Waals surface area contributed by atoms with E-state index in [1.54, 1.807) is 0 Å². The molecule has 10 N–H and O–H groups in total. The minimum Gasteiger partial charge on any atom is -0.450 e. The molecule has 0 unspecified atom stereocenters. The molecule has 11 nitrogen and oxygen atoms in total. The van der Waals surface area contributed by atoms with Crippen molar-refractivity contribution >= 4 is 6.16 Å². The van der Waals surface area contributed by atoms with Crippen molar-refractivity contribution < 1.29 is 45.6 Å². The third-order valence-corrected chi connectivity index (χ3v) is 3.17. The molecule has 0 amide bonds. The maximum atomic E-state index is 9.08. The van der Waals surface area contributed by atoms with Gasteiger partial charge in [0.25, 0.3) is 0 Å². The van der Waals surface area contributed by atoms with E-state index in [1.165, 1.54) is 0 Å². The fourth-order valence-corrected chi connectivity index (χ4v) is 1.43. The Hall–Kier alpha value is -1.05. The van der Waals surface area contributed by atoms with Crippen molar-refractivity contribution in [3.63, 3.8) is 0 Å². The van der Waals surface area contributed by atoms with Gasteiger partial charge in [-0.15, -0.1) is 0 Å². The van der Waals surface area contributed by atoms with E-state index in [0.29, 0.717) is 19.5 Å². The van der Waals surface area contributed by atoms with Crippen molar-refractivity contribution in [3.05, 3.63) is 0 Å². The molecule has 11 heteroatoms. The van der Waals surface area contributed by atoms with E-state index in [-0.39, 0.29) is 39.6 Å². The van der Waals surface area contributed by atoms with Crippen molar-refractivity contribution in [1.29, 1.82) is 0 Å². The Balaban J connectivity index is 0. The summed E-state index contributed by atoms with van der Waals surface area (Å²) in [5.41, 5.74) is -2.22. The maximum Gasteiger partial charge on any atom is 0.503 e. The Labute approximate surface area is 133 Å². The molecular formula is C12H28N2O9. The zero-order valence-corrected chi connectivity index (χ0v) is 12.8. The van der Waals surface area contributed by atoms with Gasteiger partial charge in [-0.2, -0.15) is 0 Å². The smallest absolute Gasteiger partial charge is 0.450 e. The average Bonchev–Trinajstić information content (AvgIpc) is 2.55.